The van der Waals surface area contributed by atoms with E-state index in [9.17, 15) is 43.5 Å². The Morgan fingerprint density at radius 3 is 0.905 bits per heavy atom. The number of aliphatic hydroxyl groups is 2. The van der Waals surface area contributed by atoms with Gasteiger partial charge in [0.15, 0.2) is 6.10 Å². The van der Waals surface area contributed by atoms with Crippen LogP contribution in [0.25, 0.3) is 0 Å². The Balaban J connectivity index is 4.50. The number of phosphoric acid groups is 2. The van der Waals surface area contributed by atoms with Crippen LogP contribution in [-0.2, 0) is 55.8 Å². The van der Waals surface area contributed by atoms with Gasteiger partial charge in [0, 0.05) is 19.3 Å². The van der Waals surface area contributed by atoms with Gasteiger partial charge in [-0.1, -0.05) is 284 Å². The number of allylic oxidation sites excluding steroid dienone is 18. The molecule has 5 unspecified atom stereocenters. The fourth-order valence-corrected chi connectivity index (χ4v) is 11.4. The molecule has 0 bridgehead atoms. The quantitative estimate of drug-likeness (QED) is 0.0146. The number of carbonyl (C=O) groups is 3. The van der Waals surface area contributed by atoms with Crippen molar-refractivity contribution >= 4 is 33.6 Å². The Labute approximate surface area is 577 Å². The molecule has 0 aromatic rings. The summed E-state index contributed by atoms with van der Waals surface area (Å²) in [6.45, 7) is 2.51. The average Bonchev–Trinajstić information content (AvgIpc) is 3.10. The van der Waals surface area contributed by atoms with Crippen LogP contribution in [0.2, 0.25) is 0 Å². The molecule has 95 heavy (non-hydrogen) atoms. The molecule has 0 aliphatic carbocycles. The maximum Gasteiger partial charge on any atom is 0.472 e. The SMILES string of the molecule is CC/C=C\C/C=C\C/C=C\C/C=C\C/C=C\CCCCCCCCCCCCCC(=O)OCC(O)COP(=O)(O)OCC(O)COP(=O)(O)OCC(COC(=O)CCCCCCC/C=C\C/C=C\C/C=C\C/C=C\CCCCC)OC(=O)CCCCCCCCCCCCC. The predicted octanol–water partition coefficient (Wildman–Crippen LogP) is 21.2. The summed E-state index contributed by atoms with van der Waals surface area (Å²) in [4.78, 5) is 58.4. The highest BCUT2D eigenvalue weighted by atomic mass is 31.2. The van der Waals surface area contributed by atoms with Crippen LogP contribution in [-0.4, -0.2) is 95.9 Å². The highest BCUT2D eigenvalue weighted by molar-refractivity contribution is 7.47. The van der Waals surface area contributed by atoms with Gasteiger partial charge in [0.25, 0.3) is 0 Å². The Kier molecular flexibility index (Phi) is 67.3. The number of hydrogen-bond donors (Lipinski definition) is 4. The van der Waals surface area contributed by atoms with Gasteiger partial charge in [-0.2, -0.15) is 0 Å². The van der Waals surface area contributed by atoms with Crippen molar-refractivity contribution < 1.29 is 75.8 Å². The largest absolute Gasteiger partial charge is 0.472 e. The summed E-state index contributed by atoms with van der Waals surface area (Å²) < 4.78 is 61.0. The maximum absolute atomic E-state index is 12.9. The van der Waals surface area contributed by atoms with E-state index in [1.165, 1.54) is 109 Å². The lowest BCUT2D eigenvalue weighted by Crippen LogP contribution is -2.30. The van der Waals surface area contributed by atoms with Crippen molar-refractivity contribution in [3.8, 4) is 0 Å². The van der Waals surface area contributed by atoms with Gasteiger partial charge in [0.05, 0.1) is 26.4 Å². The van der Waals surface area contributed by atoms with Crippen molar-refractivity contribution in [1.29, 1.82) is 0 Å². The smallest absolute Gasteiger partial charge is 0.463 e. The Morgan fingerprint density at radius 2 is 0.558 bits per heavy atom. The van der Waals surface area contributed by atoms with Gasteiger partial charge in [-0.15, -0.1) is 0 Å². The molecule has 0 aliphatic rings. The van der Waals surface area contributed by atoms with Crippen molar-refractivity contribution in [3.63, 3.8) is 0 Å². The van der Waals surface area contributed by atoms with E-state index >= 15 is 0 Å². The fourth-order valence-electron chi connectivity index (χ4n) is 9.82. The van der Waals surface area contributed by atoms with E-state index in [2.05, 4.69) is 130 Å². The Hall–Kier alpha value is -3.79. The number of aliphatic hydroxyl groups excluding tert-OH is 2. The van der Waals surface area contributed by atoms with E-state index in [-0.39, 0.29) is 19.3 Å². The summed E-state index contributed by atoms with van der Waals surface area (Å²) >= 11 is 0. The van der Waals surface area contributed by atoms with Gasteiger partial charge < -0.3 is 34.2 Å². The van der Waals surface area contributed by atoms with Gasteiger partial charge in [0.2, 0.25) is 0 Å². The lowest BCUT2D eigenvalue weighted by atomic mass is 10.0. The van der Waals surface area contributed by atoms with E-state index in [1.54, 1.807) is 0 Å². The number of esters is 3. The number of rotatable bonds is 70. The standard InChI is InChI=1S/C77H134O16P2/c1-4-7-10-13-16-19-22-24-26-28-30-32-33-34-35-36-37-39-41-42-44-46-49-51-54-57-60-63-75(80)87-66-72(78)67-89-94(83,84)90-68-73(79)69-91-95(85,86)92-71-74(93-77(82)65-62-59-56-53-48-21-18-15-12-9-6-3)70-88-76(81)64-61-58-55-52-50-47-45-43-40-38-31-29-27-25-23-20-17-14-11-8-5-2/h7,10,16-17,19-20,24-27,30-32,34-35,38,43,45,72-74,78-79H,4-6,8-9,11-15,18,21-23,28-29,33,36-37,39-42,44,46-71H2,1-3H3,(H,83,84)(H,85,86)/b10-7-,19-16-,20-17-,26-24-,27-25-,32-30-,35-34-,38-31-,45-43-. The van der Waals surface area contributed by atoms with E-state index in [0.29, 0.717) is 19.3 Å². The third-order valence-corrected chi connectivity index (χ3v) is 17.4. The molecule has 0 aromatic carbocycles. The number of ether oxygens (including phenoxy) is 3. The zero-order chi connectivity index (χ0) is 69.5. The Bertz CT molecular complexity index is 2170. The molecule has 0 amide bonds. The first-order chi connectivity index (χ1) is 46.2. The average molecular weight is 1380 g/mol. The minimum Gasteiger partial charge on any atom is -0.463 e. The summed E-state index contributed by atoms with van der Waals surface area (Å²) in [6, 6.07) is 0. The van der Waals surface area contributed by atoms with Crippen LogP contribution >= 0.6 is 15.6 Å². The molecule has 548 valence electrons. The van der Waals surface area contributed by atoms with Crippen molar-refractivity contribution in [2.24, 2.45) is 0 Å². The fraction of sp³-hybridized carbons (Fsp3) is 0.727. The summed E-state index contributed by atoms with van der Waals surface area (Å²) in [5.74, 6) is -1.59. The van der Waals surface area contributed by atoms with Crippen LogP contribution in [0.3, 0.4) is 0 Å². The van der Waals surface area contributed by atoms with E-state index in [4.69, 9.17) is 32.3 Å². The highest BCUT2D eigenvalue weighted by Gasteiger charge is 2.29. The maximum atomic E-state index is 12.9. The molecule has 0 heterocycles. The molecule has 4 N–H and O–H groups in total. The first-order valence-electron chi connectivity index (χ1n) is 37.2. The first kappa shape index (κ1) is 91.2. The van der Waals surface area contributed by atoms with Gasteiger partial charge in [0.1, 0.15) is 25.4 Å². The molecule has 0 spiro atoms. The van der Waals surface area contributed by atoms with Crippen LogP contribution in [0.1, 0.15) is 303 Å². The second-order valence-electron chi connectivity index (χ2n) is 24.7. The van der Waals surface area contributed by atoms with Gasteiger partial charge in [-0.25, -0.2) is 9.13 Å². The zero-order valence-electron chi connectivity index (χ0n) is 59.6. The van der Waals surface area contributed by atoms with Crippen molar-refractivity contribution in [3.05, 3.63) is 109 Å². The molecule has 5 atom stereocenters. The summed E-state index contributed by atoms with van der Waals surface area (Å²) in [7, 11) is -9.78. The molecule has 16 nitrogen and oxygen atoms in total. The summed E-state index contributed by atoms with van der Waals surface area (Å²) in [5, 5.41) is 20.6. The monoisotopic (exact) mass is 1380 g/mol. The molecule has 0 saturated heterocycles. The molecule has 18 heteroatoms. The number of carbonyl (C=O) groups excluding carboxylic acids is 3. The van der Waals surface area contributed by atoms with Gasteiger partial charge in [-0.05, 0) is 109 Å². The van der Waals surface area contributed by atoms with Gasteiger partial charge in [-0.3, -0.25) is 32.5 Å². The van der Waals surface area contributed by atoms with Crippen LogP contribution in [0.4, 0.5) is 0 Å². The Morgan fingerprint density at radius 1 is 0.305 bits per heavy atom. The molecule has 0 aliphatic heterocycles. The van der Waals surface area contributed by atoms with Crippen LogP contribution in [0.5, 0.6) is 0 Å². The molecule has 0 aromatic heterocycles. The van der Waals surface area contributed by atoms with Crippen LogP contribution in [0.15, 0.2) is 109 Å². The minimum absolute atomic E-state index is 0.102. The predicted molar refractivity (Wildman–Crippen MR) is 390 cm³/mol. The van der Waals surface area contributed by atoms with Crippen molar-refractivity contribution in [2.75, 3.05) is 39.6 Å². The molecular weight excluding hydrogens is 1240 g/mol. The first-order valence-corrected chi connectivity index (χ1v) is 40.2. The molecule has 0 saturated carbocycles. The normalized spacial score (nSPS) is 14.7. The van der Waals surface area contributed by atoms with E-state index in [0.717, 1.165) is 135 Å². The van der Waals surface area contributed by atoms with E-state index < -0.39 is 91.5 Å². The van der Waals surface area contributed by atoms with Gasteiger partial charge >= 0.3 is 33.6 Å². The van der Waals surface area contributed by atoms with Crippen molar-refractivity contribution in [2.45, 2.75) is 322 Å². The second-order valence-corrected chi connectivity index (χ2v) is 27.6. The molecular formula is C77H134O16P2. The zero-order valence-corrected chi connectivity index (χ0v) is 61.4. The number of unbranched alkanes of at least 4 members (excludes halogenated alkanes) is 29. The minimum atomic E-state index is -4.93. The number of hydrogen-bond acceptors (Lipinski definition) is 14. The third-order valence-electron chi connectivity index (χ3n) is 15.5. The van der Waals surface area contributed by atoms with E-state index in [1.807, 2.05) is 0 Å². The molecule has 0 fully saturated rings. The van der Waals surface area contributed by atoms with Crippen molar-refractivity contribution in [1.82, 2.24) is 0 Å². The van der Waals surface area contributed by atoms with Crippen LogP contribution < -0.4 is 0 Å². The molecule has 0 radical (unpaired) electrons. The topological polar surface area (TPSA) is 231 Å². The number of phosphoric ester groups is 2. The lowest BCUT2D eigenvalue weighted by molar-refractivity contribution is -0.161. The highest BCUT2D eigenvalue weighted by Crippen LogP contribution is 2.45. The summed E-state index contributed by atoms with van der Waals surface area (Å²) in [6.07, 6.45) is 80.0. The summed E-state index contributed by atoms with van der Waals surface area (Å²) in [5.41, 5.74) is 0. The second kappa shape index (κ2) is 70.1. The van der Waals surface area contributed by atoms with Crippen LogP contribution in [0, 0.1) is 0 Å². The molecule has 0 rings (SSSR count). The lowest BCUT2D eigenvalue weighted by Gasteiger charge is -2.21. The third kappa shape index (κ3) is 71.3.